The van der Waals surface area contributed by atoms with Gasteiger partial charge in [-0.1, -0.05) is 0 Å². The summed E-state index contributed by atoms with van der Waals surface area (Å²) in [5.74, 6) is 0.745. The van der Waals surface area contributed by atoms with E-state index < -0.39 is 12.3 Å². The number of hydrogen-bond acceptors (Lipinski definition) is 2. The van der Waals surface area contributed by atoms with Gasteiger partial charge in [0.05, 0.1) is 6.61 Å². The van der Waals surface area contributed by atoms with Crippen molar-refractivity contribution >= 4 is 0 Å². The highest BCUT2D eigenvalue weighted by Crippen LogP contribution is 2.27. The molecule has 2 nitrogen and oxygen atoms in total. The van der Waals surface area contributed by atoms with Crippen LogP contribution in [0.25, 0.3) is 0 Å². The topological polar surface area (TPSA) is 21.3 Å². The summed E-state index contributed by atoms with van der Waals surface area (Å²) in [6.45, 7) is 2.55. The Hall–Kier alpha value is -0.290. The maximum absolute atomic E-state index is 12.0. The maximum atomic E-state index is 12.0. The molecule has 84 valence electrons. The number of rotatable bonds is 6. The largest absolute Gasteiger partial charge is 0.414 e. The third-order valence-corrected chi connectivity index (χ3v) is 2.24. The molecule has 1 saturated carbocycles. The molecular formula is C9H16F3NO. The SMILES string of the molecule is CC(OCCNCC1CC1)C(F)(F)F. The normalized spacial score (nSPS) is 19.7. The monoisotopic (exact) mass is 211 g/mol. The second kappa shape index (κ2) is 4.98. The highest BCUT2D eigenvalue weighted by molar-refractivity contribution is 4.75. The van der Waals surface area contributed by atoms with Crippen LogP contribution < -0.4 is 5.32 Å². The zero-order valence-electron chi connectivity index (χ0n) is 8.23. The fraction of sp³-hybridized carbons (Fsp3) is 1.00. The standard InChI is InChI=1S/C9H16F3NO/c1-7(9(10,11)12)14-5-4-13-6-8-2-3-8/h7-8,13H,2-6H2,1H3. The molecule has 1 fully saturated rings. The quantitative estimate of drug-likeness (QED) is 0.678. The van der Waals surface area contributed by atoms with Gasteiger partial charge in [-0.15, -0.1) is 0 Å². The molecule has 0 aromatic heterocycles. The van der Waals surface area contributed by atoms with Crippen LogP contribution in [0.15, 0.2) is 0 Å². The predicted octanol–water partition coefficient (Wildman–Crippen LogP) is 1.95. The van der Waals surface area contributed by atoms with Gasteiger partial charge in [-0.25, -0.2) is 0 Å². The van der Waals surface area contributed by atoms with E-state index in [1.54, 1.807) is 0 Å². The molecule has 1 unspecified atom stereocenters. The molecule has 0 aromatic rings. The van der Waals surface area contributed by atoms with Gasteiger partial charge in [-0.05, 0) is 32.2 Å². The summed E-state index contributed by atoms with van der Waals surface area (Å²) >= 11 is 0. The zero-order chi connectivity index (χ0) is 10.6. The van der Waals surface area contributed by atoms with Gasteiger partial charge < -0.3 is 10.1 Å². The molecule has 1 atom stereocenters. The van der Waals surface area contributed by atoms with Crippen LogP contribution in [0, 0.1) is 5.92 Å². The second-order valence-corrected chi connectivity index (χ2v) is 3.70. The van der Waals surface area contributed by atoms with E-state index in [0.717, 1.165) is 19.4 Å². The van der Waals surface area contributed by atoms with Crippen LogP contribution in [-0.4, -0.2) is 32.0 Å². The Morgan fingerprint density at radius 1 is 1.43 bits per heavy atom. The lowest BCUT2D eigenvalue weighted by molar-refractivity contribution is -0.213. The molecule has 0 spiro atoms. The molecule has 0 aliphatic heterocycles. The smallest absolute Gasteiger partial charge is 0.368 e. The zero-order valence-corrected chi connectivity index (χ0v) is 8.23. The minimum absolute atomic E-state index is 0.118. The molecule has 14 heavy (non-hydrogen) atoms. The minimum Gasteiger partial charge on any atom is -0.368 e. The van der Waals surface area contributed by atoms with E-state index >= 15 is 0 Å². The summed E-state index contributed by atoms with van der Waals surface area (Å²) in [4.78, 5) is 0. The van der Waals surface area contributed by atoms with Crippen molar-refractivity contribution in [1.82, 2.24) is 5.32 Å². The first-order chi connectivity index (χ1) is 6.50. The van der Waals surface area contributed by atoms with Gasteiger partial charge in [0, 0.05) is 6.54 Å². The molecule has 0 radical (unpaired) electrons. The van der Waals surface area contributed by atoms with Crippen molar-refractivity contribution in [3.05, 3.63) is 0 Å². The Morgan fingerprint density at radius 2 is 2.07 bits per heavy atom. The third-order valence-electron chi connectivity index (χ3n) is 2.24. The van der Waals surface area contributed by atoms with E-state index in [1.165, 1.54) is 12.8 Å². The van der Waals surface area contributed by atoms with Gasteiger partial charge >= 0.3 is 6.18 Å². The van der Waals surface area contributed by atoms with Crippen LogP contribution in [0.2, 0.25) is 0 Å². The molecule has 5 heteroatoms. The van der Waals surface area contributed by atoms with Gasteiger partial charge in [0.15, 0.2) is 6.10 Å². The summed E-state index contributed by atoms with van der Waals surface area (Å²) in [6, 6.07) is 0. The highest BCUT2D eigenvalue weighted by Gasteiger charge is 2.36. The summed E-state index contributed by atoms with van der Waals surface area (Å²) in [5, 5.41) is 3.06. The van der Waals surface area contributed by atoms with Crippen LogP contribution in [0.5, 0.6) is 0 Å². The fourth-order valence-corrected chi connectivity index (χ4v) is 1.03. The third kappa shape index (κ3) is 4.81. The Kier molecular flexibility index (Phi) is 4.19. The molecule has 1 rings (SSSR count). The van der Waals surface area contributed by atoms with E-state index in [-0.39, 0.29) is 6.61 Å². The first-order valence-corrected chi connectivity index (χ1v) is 4.89. The van der Waals surface area contributed by atoms with E-state index in [1.807, 2.05) is 0 Å². The Balaban J connectivity index is 1.91. The highest BCUT2D eigenvalue weighted by atomic mass is 19.4. The number of ether oxygens (including phenoxy) is 1. The van der Waals surface area contributed by atoms with Gasteiger partial charge in [0.25, 0.3) is 0 Å². The molecule has 1 aliphatic carbocycles. The van der Waals surface area contributed by atoms with E-state index in [0.29, 0.717) is 6.54 Å². The fourth-order valence-electron chi connectivity index (χ4n) is 1.03. The molecule has 0 bridgehead atoms. The first kappa shape index (κ1) is 11.8. The molecule has 1 aliphatic rings. The van der Waals surface area contributed by atoms with E-state index in [2.05, 4.69) is 10.1 Å². The van der Waals surface area contributed by atoms with Crippen LogP contribution in [-0.2, 0) is 4.74 Å². The maximum Gasteiger partial charge on any atom is 0.414 e. The van der Waals surface area contributed by atoms with Crippen LogP contribution in [0.3, 0.4) is 0 Å². The molecule has 0 amide bonds. The van der Waals surface area contributed by atoms with Crippen LogP contribution in [0.1, 0.15) is 19.8 Å². The predicted molar refractivity (Wildman–Crippen MR) is 47.1 cm³/mol. The summed E-state index contributed by atoms with van der Waals surface area (Å²) in [6.07, 6.45) is -3.42. The molecule has 0 heterocycles. The lowest BCUT2D eigenvalue weighted by atomic mass is 10.4. The van der Waals surface area contributed by atoms with Gasteiger partial charge in [0.2, 0.25) is 0 Å². The Morgan fingerprint density at radius 3 is 2.57 bits per heavy atom. The van der Waals surface area contributed by atoms with Crippen LogP contribution >= 0.6 is 0 Å². The lowest BCUT2D eigenvalue weighted by Gasteiger charge is -2.16. The van der Waals surface area contributed by atoms with Gasteiger partial charge in [0.1, 0.15) is 0 Å². The average Bonchev–Trinajstić information content (AvgIpc) is 2.85. The summed E-state index contributed by atoms with van der Waals surface area (Å²) in [7, 11) is 0. The van der Waals surface area contributed by atoms with Crippen molar-refractivity contribution in [3.8, 4) is 0 Å². The first-order valence-electron chi connectivity index (χ1n) is 4.89. The molecule has 1 N–H and O–H groups in total. The Bertz CT molecular complexity index is 168. The number of nitrogens with one attached hydrogen (secondary N) is 1. The van der Waals surface area contributed by atoms with E-state index in [4.69, 9.17) is 0 Å². The second-order valence-electron chi connectivity index (χ2n) is 3.70. The Labute approximate surface area is 81.8 Å². The van der Waals surface area contributed by atoms with Crippen molar-refractivity contribution < 1.29 is 17.9 Å². The van der Waals surface area contributed by atoms with Crippen LogP contribution in [0.4, 0.5) is 13.2 Å². The number of alkyl halides is 3. The molecule has 0 saturated heterocycles. The van der Waals surface area contributed by atoms with Gasteiger partial charge in [-0.2, -0.15) is 13.2 Å². The molecule has 0 aromatic carbocycles. The lowest BCUT2D eigenvalue weighted by Crippen LogP contribution is -2.31. The number of hydrogen-bond donors (Lipinski definition) is 1. The summed E-state index contributed by atoms with van der Waals surface area (Å²) < 4.78 is 40.5. The van der Waals surface area contributed by atoms with Crippen molar-refractivity contribution in [3.63, 3.8) is 0 Å². The number of halogens is 3. The van der Waals surface area contributed by atoms with Crippen molar-refractivity contribution in [1.29, 1.82) is 0 Å². The van der Waals surface area contributed by atoms with E-state index in [9.17, 15) is 13.2 Å². The average molecular weight is 211 g/mol. The molecular weight excluding hydrogens is 195 g/mol. The van der Waals surface area contributed by atoms with Crippen molar-refractivity contribution in [2.45, 2.75) is 32.0 Å². The van der Waals surface area contributed by atoms with Crippen molar-refractivity contribution in [2.75, 3.05) is 19.7 Å². The minimum atomic E-state index is -4.24. The van der Waals surface area contributed by atoms with Crippen molar-refractivity contribution in [2.24, 2.45) is 5.92 Å². The summed E-state index contributed by atoms with van der Waals surface area (Å²) in [5.41, 5.74) is 0. The van der Waals surface area contributed by atoms with Gasteiger partial charge in [-0.3, -0.25) is 0 Å².